The summed E-state index contributed by atoms with van der Waals surface area (Å²) >= 11 is 0. The average Bonchev–Trinajstić information content (AvgIpc) is 3.11. The summed E-state index contributed by atoms with van der Waals surface area (Å²) < 4.78 is 10.5. The molecule has 5 heteroatoms. The van der Waals surface area contributed by atoms with E-state index in [0.29, 0.717) is 17.1 Å². The second kappa shape index (κ2) is 6.69. The summed E-state index contributed by atoms with van der Waals surface area (Å²) in [5.74, 6) is 1.24. The van der Waals surface area contributed by atoms with Gasteiger partial charge in [0.05, 0.1) is 20.3 Å². The van der Waals surface area contributed by atoms with Crippen molar-refractivity contribution in [2.24, 2.45) is 0 Å². The van der Waals surface area contributed by atoms with Crippen LogP contribution in [-0.2, 0) is 0 Å². The predicted molar refractivity (Wildman–Crippen MR) is 86.8 cm³/mol. The van der Waals surface area contributed by atoms with E-state index in [1.165, 1.54) is 0 Å². The number of amides is 1. The number of carbonyl (C=O) groups excluding carboxylic acids is 1. The van der Waals surface area contributed by atoms with E-state index >= 15 is 0 Å². The number of pyridine rings is 1. The van der Waals surface area contributed by atoms with Crippen molar-refractivity contribution in [3.05, 3.63) is 53.9 Å². The molecular weight excluding hydrogens is 292 g/mol. The molecule has 1 aromatic heterocycles. The summed E-state index contributed by atoms with van der Waals surface area (Å²) in [6, 6.07) is 9.33. The summed E-state index contributed by atoms with van der Waals surface area (Å²) in [5, 5.41) is 0. The van der Waals surface area contributed by atoms with Crippen LogP contribution in [0.1, 0.15) is 34.8 Å². The molecule has 0 radical (unpaired) electrons. The number of hydrogen-bond acceptors (Lipinski definition) is 4. The van der Waals surface area contributed by atoms with E-state index in [1.54, 1.807) is 44.8 Å². The molecule has 1 unspecified atom stereocenters. The van der Waals surface area contributed by atoms with Gasteiger partial charge in [0, 0.05) is 30.6 Å². The third-order valence-corrected chi connectivity index (χ3v) is 4.20. The van der Waals surface area contributed by atoms with Crippen molar-refractivity contribution in [1.82, 2.24) is 9.88 Å². The van der Waals surface area contributed by atoms with Crippen molar-refractivity contribution in [3.8, 4) is 11.5 Å². The quantitative estimate of drug-likeness (QED) is 0.870. The molecule has 1 aromatic carbocycles. The number of carbonyl (C=O) groups is 1. The molecule has 120 valence electrons. The third kappa shape index (κ3) is 3.13. The molecule has 1 aliphatic heterocycles. The van der Waals surface area contributed by atoms with Gasteiger partial charge in [0.15, 0.2) is 0 Å². The Labute approximate surface area is 135 Å². The molecule has 23 heavy (non-hydrogen) atoms. The predicted octanol–water partition coefficient (Wildman–Crippen LogP) is 3.08. The second-order valence-electron chi connectivity index (χ2n) is 5.54. The number of methoxy groups -OCH3 is 2. The lowest BCUT2D eigenvalue weighted by atomic mass is 10.1. The van der Waals surface area contributed by atoms with Gasteiger partial charge in [-0.25, -0.2) is 0 Å². The molecule has 5 nitrogen and oxygen atoms in total. The van der Waals surface area contributed by atoms with Gasteiger partial charge < -0.3 is 14.4 Å². The zero-order chi connectivity index (χ0) is 16.2. The van der Waals surface area contributed by atoms with Crippen LogP contribution in [-0.4, -0.2) is 36.6 Å². The second-order valence-corrected chi connectivity index (χ2v) is 5.54. The van der Waals surface area contributed by atoms with Crippen LogP contribution in [0, 0.1) is 0 Å². The lowest BCUT2D eigenvalue weighted by Gasteiger charge is -2.25. The Balaban J connectivity index is 1.90. The van der Waals surface area contributed by atoms with Gasteiger partial charge in [-0.05, 0) is 42.7 Å². The molecule has 1 saturated heterocycles. The van der Waals surface area contributed by atoms with Gasteiger partial charge in [0.1, 0.15) is 11.5 Å². The number of nitrogens with zero attached hydrogens (tertiary/aromatic N) is 2. The summed E-state index contributed by atoms with van der Waals surface area (Å²) in [7, 11) is 3.16. The fourth-order valence-electron chi connectivity index (χ4n) is 3.04. The van der Waals surface area contributed by atoms with E-state index in [1.807, 2.05) is 17.0 Å². The molecule has 0 N–H and O–H groups in total. The molecule has 0 bridgehead atoms. The van der Waals surface area contributed by atoms with Crippen molar-refractivity contribution in [3.63, 3.8) is 0 Å². The molecule has 0 aliphatic carbocycles. The van der Waals surface area contributed by atoms with Crippen molar-refractivity contribution in [2.45, 2.75) is 18.9 Å². The third-order valence-electron chi connectivity index (χ3n) is 4.20. The van der Waals surface area contributed by atoms with Crippen molar-refractivity contribution >= 4 is 5.91 Å². The fraction of sp³-hybridized carbons (Fsp3) is 0.333. The van der Waals surface area contributed by atoms with Gasteiger partial charge in [0.2, 0.25) is 0 Å². The number of likely N-dealkylation sites (tertiary alicyclic amines) is 1. The smallest absolute Gasteiger partial charge is 0.254 e. The maximum atomic E-state index is 13.0. The van der Waals surface area contributed by atoms with Crippen LogP contribution in [0.3, 0.4) is 0 Å². The number of hydrogen-bond donors (Lipinski definition) is 0. The largest absolute Gasteiger partial charge is 0.497 e. The number of ether oxygens (including phenoxy) is 2. The van der Waals surface area contributed by atoms with Crippen LogP contribution in [0.4, 0.5) is 0 Å². The van der Waals surface area contributed by atoms with Crippen LogP contribution in [0.2, 0.25) is 0 Å². The van der Waals surface area contributed by atoms with E-state index < -0.39 is 0 Å². The molecule has 2 aromatic rings. The highest BCUT2D eigenvalue weighted by Crippen LogP contribution is 2.34. The first kappa shape index (κ1) is 15.3. The van der Waals surface area contributed by atoms with E-state index in [2.05, 4.69) is 4.98 Å². The SMILES string of the molecule is COc1cc(OC)cc(C(=O)N2CCCC2c2ccncc2)c1. The Morgan fingerprint density at radius 1 is 1.13 bits per heavy atom. The van der Waals surface area contributed by atoms with Gasteiger partial charge in [-0.15, -0.1) is 0 Å². The van der Waals surface area contributed by atoms with Gasteiger partial charge >= 0.3 is 0 Å². The van der Waals surface area contributed by atoms with E-state index in [4.69, 9.17) is 9.47 Å². The molecule has 1 atom stereocenters. The lowest BCUT2D eigenvalue weighted by molar-refractivity contribution is 0.0735. The first-order valence-electron chi connectivity index (χ1n) is 7.67. The van der Waals surface area contributed by atoms with Gasteiger partial charge in [0.25, 0.3) is 5.91 Å². The monoisotopic (exact) mass is 312 g/mol. The first-order valence-corrected chi connectivity index (χ1v) is 7.67. The Hall–Kier alpha value is -2.56. The van der Waals surface area contributed by atoms with E-state index in [0.717, 1.165) is 24.9 Å². The fourth-order valence-corrected chi connectivity index (χ4v) is 3.04. The molecule has 3 rings (SSSR count). The number of rotatable bonds is 4. The molecule has 2 heterocycles. The Bertz CT molecular complexity index is 666. The van der Waals surface area contributed by atoms with Crippen LogP contribution >= 0.6 is 0 Å². The normalized spacial score (nSPS) is 17.1. The minimum absolute atomic E-state index is 0.00140. The van der Waals surface area contributed by atoms with Gasteiger partial charge in [-0.3, -0.25) is 9.78 Å². The molecule has 1 amide bonds. The van der Waals surface area contributed by atoms with Gasteiger partial charge in [-0.2, -0.15) is 0 Å². The Kier molecular flexibility index (Phi) is 4.46. The highest BCUT2D eigenvalue weighted by atomic mass is 16.5. The van der Waals surface area contributed by atoms with E-state index in [9.17, 15) is 4.79 Å². The van der Waals surface area contributed by atoms with Crippen LogP contribution in [0.25, 0.3) is 0 Å². The summed E-state index contributed by atoms with van der Waals surface area (Å²) in [6.07, 6.45) is 5.51. The van der Waals surface area contributed by atoms with Crippen LogP contribution < -0.4 is 9.47 Å². The number of aromatic nitrogens is 1. The van der Waals surface area contributed by atoms with Gasteiger partial charge in [-0.1, -0.05) is 0 Å². The van der Waals surface area contributed by atoms with Crippen molar-refractivity contribution < 1.29 is 14.3 Å². The minimum Gasteiger partial charge on any atom is -0.497 e. The summed E-state index contributed by atoms with van der Waals surface area (Å²) in [5.41, 5.74) is 1.71. The van der Waals surface area contributed by atoms with Crippen LogP contribution in [0.15, 0.2) is 42.7 Å². The van der Waals surface area contributed by atoms with Crippen molar-refractivity contribution in [2.75, 3.05) is 20.8 Å². The molecule has 1 aliphatic rings. The standard InChI is InChI=1S/C18H20N2O3/c1-22-15-10-14(11-16(12-15)23-2)18(21)20-9-3-4-17(20)13-5-7-19-8-6-13/h5-8,10-12,17H,3-4,9H2,1-2H3. The van der Waals surface area contributed by atoms with Crippen LogP contribution in [0.5, 0.6) is 11.5 Å². The molecule has 0 spiro atoms. The van der Waals surface area contributed by atoms with Crippen molar-refractivity contribution in [1.29, 1.82) is 0 Å². The molecule has 0 saturated carbocycles. The minimum atomic E-state index is 0.00140. The lowest BCUT2D eigenvalue weighted by Crippen LogP contribution is -2.30. The maximum absolute atomic E-state index is 13.0. The Morgan fingerprint density at radius 2 is 1.78 bits per heavy atom. The van der Waals surface area contributed by atoms with E-state index in [-0.39, 0.29) is 11.9 Å². The zero-order valence-electron chi connectivity index (χ0n) is 13.4. The highest BCUT2D eigenvalue weighted by molar-refractivity contribution is 5.95. The maximum Gasteiger partial charge on any atom is 0.254 e. The zero-order valence-corrected chi connectivity index (χ0v) is 13.4. The topological polar surface area (TPSA) is 51.7 Å². The Morgan fingerprint density at radius 3 is 2.39 bits per heavy atom. The summed E-state index contributed by atoms with van der Waals surface area (Å²) in [4.78, 5) is 18.9. The molecule has 1 fully saturated rings. The highest BCUT2D eigenvalue weighted by Gasteiger charge is 2.30. The molecular formula is C18H20N2O3. The number of benzene rings is 1. The summed E-state index contributed by atoms with van der Waals surface area (Å²) in [6.45, 7) is 0.755. The first-order chi connectivity index (χ1) is 11.2. The average molecular weight is 312 g/mol.